The lowest BCUT2D eigenvalue weighted by atomic mass is 9.96. The van der Waals surface area contributed by atoms with E-state index in [0.717, 1.165) is 10.1 Å². The zero-order chi connectivity index (χ0) is 21.8. The normalized spacial score (nSPS) is 12.2. The van der Waals surface area contributed by atoms with Crippen LogP contribution in [0.15, 0.2) is 45.9 Å². The summed E-state index contributed by atoms with van der Waals surface area (Å²) in [5, 5.41) is 3.00. The van der Waals surface area contributed by atoms with Gasteiger partial charge in [-0.15, -0.1) is 0 Å². The maximum atomic E-state index is 13.0. The summed E-state index contributed by atoms with van der Waals surface area (Å²) >= 11 is 0. The highest BCUT2D eigenvalue weighted by Crippen LogP contribution is 2.23. The predicted octanol–water partition coefficient (Wildman–Crippen LogP) is 2.99. The molecule has 3 aromatic rings. The number of esters is 1. The highest BCUT2D eigenvalue weighted by atomic mass is 16.5. The van der Waals surface area contributed by atoms with Crippen molar-refractivity contribution in [2.75, 3.05) is 6.61 Å². The Morgan fingerprint density at radius 1 is 1.23 bits per heavy atom. The van der Waals surface area contributed by atoms with Crippen LogP contribution in [0.5, 0.6) is 0 Å². The van der Waals surface area contributed by atoms with Crippen molar-refractivity contribution in [1.29, 1.82) is 0 Å². The zero-order valence-electron chi connectivity index (χ0n) is 17.5. The zero-order valence-corrected chi connectivity index (χ0v) is 17.5. The number of amides is 1. The van der Waals surface area contributed by atoms with Crippen molar-refractivity contribution >= 4 is 23.0 Å². The monoisotopic (exact) mass is 411 g/mol. The first kappa shape index (κ1) is 21.3. The number of aryl methyl sites for hydroxylation is 1. The van der Waals surface area contributed by atoms with Gasteiger partial charge in [0.1, 0.15) is 29.6 Å². The number of carbonyl (C=O) groups excluding carboxylic acids is 2. The van der Waals surface area contributed by atoms with Crippen LogP contribution in [0.2, 0.25) is 0 Å². The number of rotatable bonds is 7. The van der Waals surface area contributed by atoms with Gasteiger partial charge in [-0.1, -0.05) is 44.2 Å². The van der Waals surface area contributed by atoms with Gasteiger partial charge in [-0.2, -0.15) is 0 Å². The Labute approximate surface area is 173 Å². The fourth-order valence-electron chi connectivity index (χ4n) is 3.37. The average molecular weight is 411 g/mol. The number of ether oxygens (including phenoxy) is 1. The number of furan rings is 1. The molecule has 1 atom stereocenters. The van der Waals surface area contributed by atoms with Crippen LogP contribution in [-0.2, 0) is 16.1 Å². The van der Waals surface area contributed by atoms with Crippen molar-refractivity contribution in [2.24, 2.45) is 5.92 Å². The van der Waals surface area contributed by atoms with Gasteiger partial charge in [0, 0.05) is 0 Å². The minimum absolute atomic E-state index is 0.0183. The van der Waals surface area contributed by atoms with E-state index in [0.29, 0.717) is 0 Å². The van der Waals surface area contributed by atoms with Crippen LogP contribution in [0.4, 0.5) is 0 Å². The number of hydrogen-bond acceptors (Lipinski definition) is 6. The molecule has 30 heavy (non-hydrogen) atoms. The van der Waals surface area contributed by atoms with Crippen LogP contribution >= 0.6 is 0 Å². The van der Waals surface area contributed by atoms with Gasteiger partial charge in [-0.25, -0.2) is 9.78 Å². The van der Waals surface area contributed by atoms with Crippen LogP contribution in [0.1, 0.15) is 48.5 Å². The van der Waals surface area contributed by atoms with Crippen LogP contribution in [0.3, 0.4) is 0 Å². The van der Waals surface area contributed by atoms with Crippen molar-refractivity contribution in [3.05, 3.63) is 63.9 Å². The molecule has 2 heterocycles. The molecule has 1 N–H and O–H groups in total. The van der Waals surface area contributed by atoms with E-state index in [1.165, 1.54) is 6.33 Å². The number of hydrogen-bond donors (Lipinski definition) is 1. The van der Waals surface area contributed by atoms with Crippen LogP contribution < -0.4 is 10.9 Å². The lowest BCUT2D eigenvalue weighted by Crippen LogP contribution is -2.36. The van der Waals surface area contributed by atoms with E-state index in [9.17, 15) is 14.4 Å². The minimum atomic E-state index is -0.654. The highest BCUT2D eigenvalue weighted by molar-refractivity contribution is 6.03. The third kappa shape index (κ3) is 4.27. The van der Waals surface area contributed by atoms with Gasteiger partial charge in [0.05, 0.1) is 12.6 Å². The van der Waals surface area contributed by atoms with Gasteiger partial charge in [0.25, 0.3) is 5.56 Å². The summed E-state index contributed by atoms with van der Waals surface area (Å²) in [4.78, 5) is 42.0. The predicted molar refractivity (Wildman–Crippen MR) is 111 cm³/mol. The molecule has 0 radical (unpaired) electrons. The smallest absolute Gasteiger partial charge is 0.342 e. The Kier molecular flexibility index (Phi) is 6.34. The molecule has 0 aliphatic heterocycles. The number of carbonyl (C=O) groups is 2. The Balaban J connectivity index is 1.89. The summed E-state index contributed by atoms with van der Waals surface area (Å²) in [5.74, 6) is -0.586. The number of nitrogens with zero attached hydrogens (tertiary/aromatic N) is 2. The van der Waals surface area contributed by atoms with Gasteiger partial charge in [0.15, 0.2) is 0 Å². The fraction of sp³-hybridized carbons (Fsp3) is 0.364. The van der Waals surface area contributed by atoms with Gasteiger partial charge >= 0.3 is 5.97 Å². The molecular formula is C22H25N3O5. The molecule has 0 aliphatic rings. The summed E-state index contributed by atoms with van der Waals surface area (Å²) < 4.78 is 11.6. The largest absolute Gasteiger partial charge is 0.462 e. The Morgan fingerprint density at radius 2 is 1.93 bits per heavy atom. The number of fused-ring (bicyclic) bond motifs is 1. The lowest BCUT2D eigenvalue weighted by Gasteiger charge is -2.23. The topological polar surface area (TPSA) is 103 Å². The maximum absolute atomic E-state index is 13.0. The van der Waals surface area contributed by atoms with E-state index in [4.69, 9.17) is 9.15 Å². The second kappa shape index (κ2) is 8.94. The maximum Gasteiger partial charge on any atom is 0.342 e. The van der Waals surface area contributed by atoms with Gasteiger partial charge < -0.3 is 14.5 Å². The third-order valence-electron chi connectivity index (χ3n) is 4.79. The van der Waals surface area contributed by atoms with Crippen molar-refractivity contribution in [3.63, 3.8) is 0 Å². The SMILES string of the molecule is CCOC(=O)c1c(C)oc2ncn(CC(=O)NC(c3ccccc3)C(C)C)c(=O)c12. The highest BCUT2D eigenvalue weighted by Gasteiger charge is 2.25. The molecule has 2 aromatic heterocycles. The molecule has 1 amide bonds. The Hall–Kier alpha value is -3.42. The molecule has 3 rings (SSSR count). The van der Waals surface area contributed by atoms with E-state index in [-0.39, 0.29) is 53.4 Å². The molecule has 0 aliphatic carbocycles. The summed E-state index contributed by atoms with van der Waals surface area (Å²) in [6, 6.07) is 9.44. The van der Waals surface area contributed by atoms with Crippen LogP contribution in [0.25, 0.3) is 11.1 Å². The molecule has 1 aromatic carbocycles. The third-order valence-corrected chi connectivity index (χ3v) is 4.79. The van der Waals surface area contributed by atoms with Crippen molar-refractivity contribution < 1.29 is 18.7 Å². The molecule has 158 valence electrons. The van der Waals surface area contributed by atoms with Gasteiger partial charge in [-0.3, -0.25) is 14.2 Å². The first-order valence-corrected chi connectivity index (χ1v) is 9.83. The summed E-state index contributed by atoms with van der Waals surface area (Å²) in [6.45, 7) is 7.20. The van der Waals surface area contributed by atoms with E-state index >= 15 is 0 Å². The number of aromatic nitrogens is 2. The van der Waals surface area contributed by atoms with Gasteiger partial charge in [0.2, 0.25) is 11.6 Å². The summed E-state index contributed by atoms with van der Waals surface area (Å²) in [6.07, 6.45) is 1.25. The fourth-order valence-corrected chi connectivity index (χ4v) is 3.37. The van der Waals surface area contributed by atoms with E-state index in [2.05, 4.69) is 10.3 Å². The number of benzene rings is 1. The molecular weight excluding hydrogens is 386 g/mol. The molecule has 1 unspecified atom stereocenters. The second-order valence-corrected chi connectivity index (χ2v) is 7.31. The number of nitrogens with one attached hydrogen (secondary N) is 1. The lowest BCUT2D eigenvalue weighted by molar-refractivity contribution is -0.122. The van der Waals surface area contributed by atoms with Crippen LogP contribution in [0, 0.1) is 12.8 Å². The summed E-state index contributed by atoms with van der Waals surface area (Å²) in [5.41, 5.74) is 0.540. The molecule has 8 nitrogen and oxygen atoms in total. The molecule has 0 spiro atoms. The Bertz CT molecular complexity index is 1110. The standard InChI is InChI=1S/C22H25N3O5/c1-5-29-22(28)17-14(4)30-20-18(17)21(27)25(12-23-20)11-16(26)24-19(13(2)3)15-9-7-6-8-10-15/h6-10,12-13,19H,5,11H2,1-4H3,(H,24,26). The van der Waals surface area contributed by atoms with E-state index in [1.54, 1.807) is 13.8 Å². The molecule has 0 fully saturated rings. The van der Waals surface area contributed by atoms with Crippen molar-refractivity contribution in [1.82, 2.24) is 14.9 Å². The second-order valence-electron chi connectivity index (χ2n) is 7.31. The quantitative estimate of drug-likeness (QED) is 0.600. The minimum Gasteiger partial charge on any atom is -0.462 e. The van der Waals surface area contributed by atoms with E-state index < -0.39 is 11.5 Å². The first-order chi connectivity index (χ1) is 14.3. The average Bonchev–Trinajstić information content (AvgIpc) is 3.06. The Morgan fingerprint density at radius 3 is 2.57 bits per heavy atom. The van der Waals surface area contributed by atoms with E-state index in [1.807, 2.05) is 44.2 Å². The van der Waals surface area contributed by atoms with Crippen LogP contribution in [-0.4, -0.2) is 28.0 Å². The van der Waals surface area contributed by atoms with Crippen molar-refractivity contribution in [3.8, 4) is 0 Å². The molecule has 8 heteroatoms. The molecule has 0 saturated heterocycles. The molecule has 0 saturated carbocycles. The van der Waals surface area contributed by atoms with Gasteiger partial charge in [-0.05, 0) is 25.3 Å². The first-order valence-electron chi connectivity index (χ1n) is 9.83. The molecule has 0 bridgehead atoms. The van der Waals surface area contributed by atoms with Crippen molar-refractivity contribution in [2.45, 2.75) is 40.3 Å². The summed E-state index contributed by atoms with van der Waals surface area (Å²) in [7, 11) is 0.